The number of anilines is 1. The fourth-order valence-corrected chi connectivity index (χ4v) is 1.85. The van der Waals surface area contributed by atoms with Crippen LogP contribution < -0.4 is 10.1 Å². The summed E-state index contributed by atoms with van der Waals surface area (Å²) in [6, 6.07) is 10.6. The Morgan fingerprint density at radius 2 is 1.95 bits per heavy atom. The average Bonchev–Trinajstić information content (AvgIpc) is 2.47. The van der Waals surface area contributed by atoms with Gasteiger partial charge in [0.15, 0.2) is 0 Å². The Morgan fingerprint density at radius 3 is 2.57 bits per heavy atom. The fourth-order valence-electron chi connectivity index (χ4n) is 1.85. The molecule has 5 nitrogen and oxygen atoms in total. The maximum atomic E-state index is 12.8. The first-order chi connectivity index (χ1) is 10.1. The zero-order valence-corrected chi connectivity index (χ0v) is 11.5. The minimum atomic E-state index is -0.467. The van der Waals surface area contributed by atoms with Gasteiger partial charge in [-0.15, -0.1) is 0 Å². The molecule has 0 atom stereocenters. The standard InChI is InChI=1S/C15H15FN2O3/c1-2-21-15-8-13(7-14(9-15)18(19)20)17-10-11-3-5-12(16)6-4-11/h3-9,17H,2,10H2,1H3. The van der Waals surface area contributed by atoms with E-state index in [1.165, 1.54) is 24.3 Å². The summed E-state index contributed by atoms with van der Waals surface area (Å²) in [6.07, 6.45) is 0. The van der Waals surface area contributed by atoms with Crippen LogP contribution in [0, 0.1) is 15.9 Å². The van der Waals surface area contributed by atoms with Crippen molar-refractivity contribution in [3.8, 4) is 5.75 Å². The molecule has 0 radical (unpaired) electrons. The lowest BCUT2D eigenvalue weighted by atomic mass is 10.2. The molecular weight excluding hydrogens is 275 g/mol. The van der Waals surface area contributed by atoms with Gasteiger partial charge in [-0.25, -0.2) is 4.39 Å². The number of halogens is 1. The molecule has 21 heavy (non-hydrogen) atoms. The van der Waals surface area contributed by atoms with Crippen molar-refractivity contribution in [3.05, 3.63) is 64.0 Å². The van der Waals surface area contributed by atoms with Gasteiger partial charge in [-0.3, -0.25) is 10.1 Å². The highest BCUT2D eigenvalue weighted by Crippen LogP contribution is 2.26. The molecule has 0 spiro atoms. The highest BCUT2D eigenvalue weighted by atomic mass is 19.1. The monoisotopic (exact) mass is 290 g/mol. The SMILES string of the molecule is CCOc1cc(NCc2ccc(F)cc2)cc([N+](=O)[O-])c1. The summed E-state index contributed by atoms with van der Waals surface area (Å²) in [6.45, 7) is 2.68. The Kier molecular flexibility index (Phi) is 4.71. The number of non-ortho nitro benzene ring substituents is 1. The van der Waals surface area contributed by atoms with Crippen molar-refractivity contribution in [2.24, 2.45) is 0 Å². The van der Waals surface area contributed by atoms with E-state index in [0.29, 0.717) is 24.6 Å². The molecule has 2 aromatic rings. The molecule has 0 aliphatic heterocycles. The largest absolute Gasteiger partial charge is 0.494 e. The zero-order valence-electron chi connectivity index (χ0n) is 11.5. The predicted molar refractivity (Wildman–Crippen MR) is 78.0 cm³/mol. The third-order valence-electron chi connectivity index (χ3n) is 2.82. The third kappa shape index (κ3) is 4.17. The van der Waals surface area contributed by atoms with E-state index >= 15 is 0 Å². The van der Waals surface area contributed by atoms with Gasteiger partial charge in [-0.1, -0.05) is 12.1 Å². The molecule has 110 valence electrons. The lowest BCUT2D eigenvalue weighted by Crippen LogP contribution is -2.01. The number of rotatable bonds is 6. The molecule has 0 aliphatic rings. The Morgan fingerprint density at radius 1 is 1.24 bits per heavy atom. The zero-order chi connectivity index (χ0) is 15.2. The number of nitrogens with zero attached hydrogens (tertiary/aromatic N) is 1. The molecule has 0 bridgehead atoms. The number of hydrogen-bond donors (Lipinski definition) is 1. The Balaban J connectivity index is 2.14. The van der Waals surface area contributed by atoms with Gasteiger partial charge in [-0.2, -0.15) is 0 Å². The fraction of sp³-hybridized carbons (Fsp3) is 0.200. The van der Waals surface area contributed by atoms with Crippen LogP contribution in [-0.4, -0.2) is 11.5 Å². The van der Waals surface area contributed by atoms with Gasteiger partial charge in [0, 0.05) is 24.4 Å². The van der Waals surface area contributed by atoms with Crippen LogP contribution in [0.2, 0.25) is 0 Å². The molecule has 0 heterocycles. The molecule has 6 heteroatoms. The summed E-state index contributed by atoms with van der Waals surface area (Å²) in [4.78, 5) is 10.4. The highest BCUT2D eigenvalue weighted by Gasteiger charge is 2.10. The minimum absolute atomic E-state index is 0.0393. The van der Waals surface area contributed by atoms with Gasteiger partial charge >= 0.3 is 0 Å². The first kappa shape index (κ1) is 14.8. The summed E-state index contributed by atoms with van der Waals surface area (Å²) in [5.74, 6) is 0.140. The lowest BCUT2D eigenvalue weighted by Gasteiger charge is -2.09. The highest BCUT2D eigenvalue weighted by molar-refractivity contribution is 5.56. The van der Waals surface area contributed by atoms with Crippen molar-refractivity contribution >= 4 is 11.4 Å². The van der Waals surface area contributed by atoms with Crippen molar-refractivity contribution in [1.82, 2.24) is 0 Å². The van der Waals surface area contributed by atoms with E-state index in [2.05, 4.69) is 5.32 Å². The van der Waals surface area contributed by atoms with Crippen LogP contribution >= 0.6 is 0 Å². The van der Waals surface area contributed by atoms with Gasteiger partial charge in [0.05, 0.1) is 17.6 Å². The van der Waals surface area contributed by atoms with E-state index in [0.717, 1.165) is 5.56 Å². The van der Waals surface area contributed by atoms with Gasteiger partial charge in [-0.05, 0) is 24.6 Å². The summed E-state index contributed by atoms with van der Waals surface area (Å²) in [7, 11) is 0. The second-order valence-electron chi connectivity index (χ2n) is 4.39. The first-order valence-electron chi connectivity index (χ1n) is 6.49. The maximum Gasteiger partial charge on any atom is 0.275 e. The summed E-state index contributed by atoms with van der Waals surface area (Å²) >= 11 is 0. The number of nitro groups is 1. The maximum absolute atomic E-state index is 12.8. The van der Waals surface area contributed by atoms with Crippen LogP contribution in [0.15, 0.2) is 42.5 Å². The van der Waals surface area contributed by atoms with Crippen molar-refractivity contribution in [2.75, 3.05) is 11.9 Å². The van der Waals surface area contributed by atoms with Crippen molar-refractivity contribution in [3.63, 3.8) is 0 Å². The number of nitrogens with one attached hydrogen (secondary N) is 1. The summed E-state index contributed by atoms with van der Waals surface area (Å²) in [5.41, 5.74) is 1.42. The van der Waals surface area contributed by atoms with Crippen LogP contribution in [0.5, 0.6) is 5.75 Å². The molecule has 2 aromatic carbocycles. The van der Waals surface area contributed by atoms with Crippen LogP contribution in [0.4, 0.5) is 15.8 Å². The van der Waals surface area contributed by atoms with Gasteiger partial charge in [0.1, 0.15) is 11.6 Å². The van der Waals surface area contributed by atoms with E-state index in [1.54, 1.807) is 18.2 Å². The number of benzene rings is 2. The molecule has 0 fully saturated rings. The molecule has 0 aromatic heterocycles. The van der Waals surface area contributed by atoms with Crippen molar-refractivity contribution in [2.45, 2.75) is 13.5 Å². The van der Waals surface area contributed by atoms with Crippen LogP contribution in [0.3, 0.4) is 0 Å². The molecule has 2 rings (SSSR count). The first-order valence-corrected chi connectivity index (χ1v) is 6.49. The van der Waals surface area contributed by atoms with E-state index in [-0.39, 0.29) is 11.5 Å². The van der Waals surface area contributed by atoms with Crippen LogP contribution in [0.1, 0.15) is 12.5 Å². The number of hydrogen-bond acceptors (Lipinski definition) is 4. The molecule has 0 amide bonds. The minimum Gasteiger partial charge on any atom is -0.494 e. The topological polar surface area (TPSA) is 64.4 Å². The van der Waals surface area contributed by atoms with Crippen molar-refractivity contribution < 1.29 is 14.1 Å². The van der Waals surface area contributed by atoms with Crippen LogP contribution in [-0.2, 0) is 6.54 Å². The second kappa shape index (κ2) is 6.69. The quantitative estimate of drug-likeness (QED) is 0.650. The normalized spacial score (nSPS) is 10.2. The van der Waals surface area contributed by atoms with Gasteiger partial charge in [0.2, 0.25) is 0 Å². The Bertz CT molecular complexity index is 629. The molecular formula is C15H15FN2O3. The van der Waals surface area contributed by atoms with E-state index in [4.69, 9.17) is 4.74 Å². The second-order valence-corrected chi connectivity index (χ2v) is 4.39. The van der Waals surface area contributed by atoms with Gasteiger partial charge in [0.25, 0.3) is 5.69 Å². The molecule has 0 saturated carbocycles. The summed E-state index contributed by atoms with van der Waals surface area (Å²) < 4.78 is 18.1. The van der Waals surface area contributed by atoms with E-state index < -0.39 is 4.92 Å². The average molecular weight is 290 g/mol. The molecule has 1 N–H and O–H groups in total. The Hall–Kier alpha value is -2.63. The summed E-state index contributed by atoms with van der Waals surface area (Å²) in [5, 5.41) is 14.0. The van der Waals surface area contributed by atoms with E-state index in [9.17, 15) is 14.5 Å². The smallest absolute Gasteiger partial charge is 0.275 e. The molecule has 0 aliphatic carbocycles. The van der Waals surface area contributed by atoms with E-state index in [1.807, 2.05) is 6.92 Å². The Labute approximate surface area is 121 Å². The number of nitro benzene ring substituents is 1. The predicted octanol–water partition coefficient (Wildman–Crippen LogP) is 3.74. The molecule has 0 unspecified atom stereocenters. The molecule has 0 saturated heterocycles. The third-order valence-corrected chi connectivity index (χ3v) is 2.82. The van der Waals surface area contributed by atoms with Crippen molar-refractivity contribution in [1.29, 1.82) is 0 Å². The van der Waals surface area contributed by atoms with Crippen LogP contribution in [0.25, 0.3) is 0 Å². The van der Waals surface area contributed by atoms with Gasteiger partial charge < -0.3 is 10.1 Å². The number of ether oxygens (including phenoxy) is 1. The lowest BCUT2D eigenvalue weighted by molar-refractivity contribution is -0.384.